The number of nitrogens with zero attached hydrogens (tertiary/aromatic N) is 4. The summed E-state index contributed by atoms with van der Waals surface area (Å²) in [6, 6.07) is -1.58. The second kappa shape index (κ2) is 6.92. The largest absolute Gasteiger partial charge is 0.479 e. The summed E-state index contributed by atoms with van der Waals surface area (Å²) in [6.07, 6.45) is -1.31. The van der Waals surface area contributed by atoms with Crippen LogP contribution in [-0.2, 0) is 14.3 Å². The first-order chi connectivity index (χ1) is 13.0. The van der Waals surface area contributed by atoms with Gasteiger partial charge in [-0.25, -0.2) is 19.7 Å². The lowest BCUT2D eigenvalue weighted by molar-refractivity contribution is -0.152. The molecule has 4 heterocycles. The number of fused-ring (bicyclic) bond motifs is 1. The molecule has 2 fully saturated rings. The molecule has 0 aromatic carbocycles. The number of carboxylic acids is 1. The minimum absolute atomic E-state index is 0.149. The van der Waals surface area contributed by atoms with E-state index in [9.17, 15) is 19.8 Å². The highest BCUT2D eigenvalue weighted by Crippen LogP contribution is 2.32. The van der Waals surface area contributed by atoms with Gasteiger partial charge in [-0.3, -0.25) is 14.7 Å². The summed E-state index contributed by atoms with van der Waals surface area (Å²) in [5.74, 6) is -0.333. The lowest BCUT2D eigenvalue weighted by Gasteiger charge is -2.21. The summed E-state index contributed by atoms with van der Waals surface area (Å²) in [4.78, 5) is 36.0. The van der Waals surface area contributed by atoms with Crippen LogP contribution in [0.15, 0.2) is 12.7 Å². The van der Waals surface area contributed by atoms with E-state index >= 15 is 0 Å². The number of aliphatic hydroxyl groups is 1. The van der Waals surface area contributed by atoms with Crippen molar-refractivity contribution in [1.82, 2.24) is 30.2 Å². The number of nitrogens with one attached hydrogen (secondary N) is 2. The number of aliphatic carboxylic acids is 1. The van der Waals surface area contributed by atoms with Crippen LogP contribution in [0.25, 0.3) is 11.2 Å². The fourth-order valence-electron chi connectivity index (χ4n) is 3.16. The van der Waals surface area contributed by atoms with Crippen molar-refractivity contribution >= 4 is 40.6 Å². The topological polar surface area (TPSA) is 178 Å². The monoisotopic (exact) mass is 395 g/mol. The van der Waals surface area contributed by atoms with Gasteiger partial charge in [0.1, 0.15) is 17.9 Å². The first-order valence-electron chi connectivity index (χ1n) is 8.08. The first-order valence-corrected chi connectivity index (χ1v) is 9.23. The molecule has 5 atom stereocenters. The summed E-state index contributed by atoms with van der Waals surface area (Å²) < 4.78 is 6.91. The van der Waals surface area contributed by atoms with E-state index in [1.54, 1.807) is 11.8 Å². The van der Waals surface area contributed by atoms with Crippen LogP contribution < -0.4 is 16.4 Å². The van der Waals surface area contributed by atoms with E-state index in [0.717, 1.165) is 0 Å². The van der Waals surface area contributed by atoms with Crippen molar-refractivity contribution in [2.75, 3.05) is 17.4 Å². The maximum absolute atomic E-state index is 12.4. The summed E-state index contributed by atoms with van der Waals surface area (Å²) in [7, 11) is 0. The van der Waals surface area contributed by atoms with Gasteiger partial charge >= 0.3 is 5.97 Å². The van der Waals surface area contributed by atoms with Crippen LogP contribution in [0.3, 0.4) is 0 Å². The molecule has 144 valence electrons. The maximum Gasteiger partial charge on any atom is 0.335 e. The summed E-state index contributed by atoms with van der Waals surface area (Å²) in [5, 5.41) is 25.8. The standard InChI is InChI=1S/C14H17N7O5S/c15-10-7-11(17-2-16-10)21(3-18-7)13-8(22)6(9(26-13)14(24)25)20-12(23)5-1-27-4-19-5/h2-3,5-6,8-9,13,19,22H,1,4H2,(H,20,23)(H,24,25)(H2,15,16,17)/t5?,6-,8+,9-,13+/m0/s1. The number of carboxylic acid groups (broad SMARTS) is 1. The maximum atomic E-state index is 12.4. The molecule has 0 radical (unpaired) electrons. The molecule has 1 unspecified atom stereocenters. The van der Waals surface area contributed by atoms with Crippen LogP contribution in [0.4, 0.5) is 5.82 Å². The van der Waals surface area contributed by atoms with E-state index < -0.39 is 36.5 Å². The number of hydrogen-bond donors (Lipinski definition) is 5. The number of carbonyl (C=O) groups is 2. The van der Waals surface area contributed by atoms with Crippen LogP contribution in [-0.4, -0.2) is 77.5 Å². The molecule has 2 saturated heterocycles. The minimum Gasteiger partial charge on any atom is -0.479 e. The zero-order chi connectivity index (χ0) is 19.1. The number of nitrogen functional groups attached to an aromatic ring is 1. The predicted octanol–water partition coefficient (Wildman–Crippen LogP) is -2.10. The van der Waals surface area contributed by atoms with Crippen molar-refractivity contribution in [3.63, 3.8) is 0 Å². The molecule has 1 amide bonds. The minimum atomic E-state index is -1.43. The van der Waals surface area contributed by atoms with Gasteiger partial charge in [0.15, 0.2) is 23.8 Å². The van der Waals surface area contributed by atoms with Gasteiger partial charge in [-0.2, -0.15) is 0 Å². The number of aliphatic hydroxyl groups excluding tert-OH is 1. The van der Waals surface area contributed by atoms with Crippen molar-refractivity contribution in [1.29, 1.82) is 0 Å². The second-order valence-corrected chi connectivity index (χ2v) is 7.20. The number of carbonyl (C=O) groups excluding carboxylic acids is 1. The number of amides is 1. The number of thioether (sulfide) groups is 1. The Kier molecular flexibility index (Phi) is 4.59. The van der Waals surface area contributed by atoms with Crippen LogP contribution in [0.2, 0.25) is 0 Å². The van der Waals surface area contributed by atoms with Gasteiger partial charge in [0.25, 0.3) is 0 Å². The van der Waals surface area contributed by atoms with E-state index in [1.165, 1.54) is 17.2 Å². The molecule has 2 aliphatic heterocycles. The smallest absolute Gasteiger partial charge is 0.335 e. The average Bonchev–Trinajstić information content (AvgIpc) is 3.35. The number of imidazole rings is 1. The molecule has 2 aromatic rings. The Hall–Kier alpha value is -2.48. The van der Waals surface area contributed by atoms with Crippen LogP contribution in [0.1, 0.15) is 6.23 Å². The van der Waals surface area contributed by atoms with Gasteiger partial charge in [-0.05, 0) is 0 Å². The van der Waals surface area contributed by atoms with Gasteiger partial charge in [-0.1, -0.05) is 0 Å². The highest BCUT2D eigenvalue weighted by Gasteiger charge is 2.50. The Morgan fingerprint density at radius 1 is 1.41 bits per heavy atom. The van der Waals surface area contributed by atoms with E-state index in [-0.39, 0.29) is 17.4 Å². The summed E-state index contributed by atoms with van der Waals surface area (Å²) >= 11 is 1.56. The molecule has 27 heavy (non-hydrogen) atoms. The molecule has 0 spiro atoms. The zero-order valence-electron chi connectivity index (χ0n) is 13.8. The fraction of sp³-hybridized carbons (Fsp3) is 0.500. The number of ether oxygens (including phenoxy) is 1. The molecule has 0 bridgehead atoms. The number of aromatic nitrogens is 4. The Balaban J connectivity index is 1.62. The number of hydrogen-bond acceptors (Lipinski definition) is 10. The molecular formula is C14H17N7O5S. The lowest BCUT2D eigenvalue weighted by Crippen LogP contribution is -2.54. The first kappa shape index (κ1) is 17.9. The lowest BCUT2D eigenvalue weighted by atomic mass is 10.1. The van der Waals surface area contributed by atoms with Crippen molar-refractivity contribution in [2.45, 2.75) is 30.5 Å². The highest BCUT2D eigenvalue weighted by molar-refractivity contribution is 7.99. The Bertz CT molecular complexity index is 886. The normalized spacial score (nSPS) is 30.6. The van der Waals surface area contributed by atoms with Crippen LogP contribution in [0, 0.1) is 0 Å². The Morgan fingerprint density at radius 3 is 2.93 bits per heavy atom. The van der Waals surface area contributed by atoms with Crippen molar-refractivity contribution in [3.8, 4) is 0 Å². The zero-order valence-corrected chi connectivity index (χ0v) is 14.7. The van der Waals surface area contributed by atoms with Gasteiger partial charge in [0.2, 0.25) is 5.91 Å². The van der Waals surface area contributed by atoms with Gasteiger partial charge in [0.05, 0.1) is 18.4 Å². The summed E-state index contributed by atoms with van der Waals surface area (Å²) in [5.41, 5.74) is 6.34. The van der Waals surface area contributed by atoms with E-state index in [0.29, 0.717) is 17.1 Å². The van der Waals surface area contributed by atoms with Crippen LogP contribution in [0.5, 0.6) is 0 Å². The highest BCUT2D eigenvalue weighted by atomic mass is 32.2. The Morgan fingerprint density at radius 2 is 2.22 bits per heavy atom. The third-order valence-electron chi connectivity index (χ3n) is 4.52. The molecule has 12 nitrogen and oxygen atoms in total. The van der Waals surface area contributed by atoms with Gasteiger partial charge in [0, 0.05) is 11.6 Å². The molecule has 2 aromatic heterocycles. The molecule has 0 saturated carbocycles. The average molecular weight is 395 g/mol. The van der Waals surface area contributed by atoms with Gasteiger partial charge < -0.3 is 26.0 Å². The predicted molar refractivity (Wildman–Crippen MR) is 93.5 cm³/mol. The SMILES string of the molecule is Nc1ncnc2c1ncn2[C@@H]1O[C@H](C(=O)O)[C@@H](NC(=O)C2CSCN2)[C@H]1O. The second-order valence-electron chi connectivity index (χ2n) is 6.17. The van der Waals surface area contributed by atoms with Crippen molar-refractivity contribution in [2.24, 2.45) is 0 Å². The number of anilines is 1. The van der Waals surface area contributed by atoms with E-state index in [4.69, 9.17) is 10.5 Å². The molecule has 2 aliphatic rings. The molecular weight excluding hydrogens is 378 g/mol. The summed E-state index contributed by atoms with van der Waals surface area (Å²) in [6.45, 7) is 0. The molecule has 6 N–H and O–H groups in total. The van der Waals surface area contributed by atoms with Crippen LogP contribution >= 0.6 is 11.8 Å². The third kappa shape index (κ3) is 3.07. The molecule has 13 heteroatoms. The van der Waals surface area contributed by atoms with E-state index in [2.05, 4.69) is 25.6 Å². The number of rotatable bonds is 4. The molecule has 4 rings (SSSR count). The van der Waals surface area contributed by atoms with Crippen molar-refractivity contribution < 1.29 is 24.5 Å². The Labute approximate surface area is 156 Å². The van der Waals surface area contributed by atoms with Gasteiger partial charge in [-0.15, -0.1) is 11.8 Å². The quantitative estimate of drug-likeness (QED) is 0.383. The molecule has 0 aliphatic carbocycles. The fourth-order valence-corrected chi connectivity index (χ4v) is 4.10. The third-order valence-corrected chi connectivity index (χ3v) is 5.46. The van der Waals surface area contributed by atoms with Crippen molar-refractivity contribution in [3.05, 3.63) is 12.7 Å². The van der Waals surface area contributed by atoms with E-state index in [1.807, 2.05) is 0 Å². The number of nitrogens with two attached hydrogens (primary N) is 1.